The fourth-order valence-electron chi connectivity index (χ4n) is 1.41. The first-order valence-electron chi connectivity index (χ1n) is 5.26. The third-order valence-electron chi connectivity index (χ3n) is 2.28. The van der Waals surface area contributed by atoms with Gasteiger partial charge in [0.2, 0.25) is 0 Å². The first-order chi connectivity index (χ1) is 7.38. The van der Waals surface area contributed by atoms with E-state index in [1.165, 1.54) is 0 Å². The van der Waals surface area contributed by atoms with Crippen molar-refractivity contribution in [1.82, 2.24) is 4.98 Å². The summed E-state index contributed by atoms with van der Waals surface area (Å²) in [7, 11) is 0. The highest BCUT2D eigenvalue weighted by Gasteiger charge is 2.14. The van der Waals surface area contributed by atoms with Gasteiger partial charge in [0.1, 0.15) is 0 Å². The summed E-state index contributed by atoms with van der Waals surface area (Å²) in [6.07, 6.45) is 1.15. The Bertz CT molecular complexity index is 297. The molecule has 0 aliphatic carbocycles. The van der Waals surface area contributed by atoms with E-state index in [1.54, 1.807) is 11.3 Å². The summed E-state index contributed by atoms with van der Waals surface area (Å²) in [5, 5.41) is 6.33. The highest BCUT2D eigenvalue weighted by atomic mass is 32.1. The summed E-state index contributed by atoms with van der Waals surface area (Å²) in [6, 6.07) is 0. The van der Waals surface area contributed by atoms with Crippen LogP contribution in [0.15, 0.2) is 5.38 Å². The van der Waals surface area contributed by atoms with Crippen LogP contribution in [0.5, 0.6) is 0 Å². The monoisotopic (exact) mass is 228 g/mol. The lowest BCUT2D eigenvalue weighted by molar-refractivity contribution is -0.0818. The molecule has 0 spiro atoms. The molecule has 1 aromatic heterocycles. The highest BCUT2D eigenvalue weighted by Crippen LogP contribution is 2.15. The van der Waals surface area contributed by atoms with Crippen molar-refractivity contribution < 1.29 is 9.47 Å². The van der Waals surface area contributed by atoms with Crippen molar-refractivity contribution in [3.05, 3.63) is 11.1 Å². The number of nitrogens with one attached hydrogen (secondary N) is 1. The van der Waals surface area contributed by atoms with Crippen LogP contribution < -0.4 is 5.32 Å². The van der Waals surface area contributed by atoms with Gasteiger partial charge in [0, 0.05) is 11.9 Å². The van der Waals surface area contributed by atoms with Crippen LogP contribution in [-0.4, -0.2) is 37.5 Å². The first kappa shape index (κ1) is 10.9. The molecule has 1 aromatic rings. The van der Waals surface area contributed by atoms with Crippen LogP contribution in [0.4, 0.5) is 5.13 Å². The molecular weight excluding hydrogens is 212 g/mol. The van der Waals surface area contributed by atoms with Crippen molar-refractivity contribution in [2.45, 2.75) is 19.4 Å². The molecule has 0 aromatic carbocycles. The van der Waals surface area contributed by atoms with Gasteiger partial charge < -0.3 is 14.8 Å². The summed E-state index contributed by atoms with van der Waals surface area (Å²) in [5.74, 6) is 0. The van der Waals surface area contributed by atoms with E-state index >= 15 is 0 Å². The lowest BCUT2D eigenvalue weighted by Gasteiger charge is -2.22. The molecule has 1 unspecified atom stereocenters. The van der Waals surface area contributed by atoms with Crippen LogP contribution in [0.25, 0.3) is 0 Å². The Morgan fingerprint density at radius 1 is 1.60 bits per heavy atom. The minimum absolute atomic E-state index is 0.160. The van der Waals surface area contributed by atoms with Crippen LogP contribution >= 0.6 is 11.3 Å². The van der Waals surface area contributed by atoms with E-state index in [0.717, 1.165) is 23.8 Å². The Balaban J connectivity index is 1.76. The van der Waals surface area contributed by atoms with Crippen LogP contribution in [0.3, 0.4) is 0 Å². The van der Waals surface area contributed by atoms with Crippen molar-refractivity contribution in [1.29, 1.82) is 0 Å². The fourth-order valence-corrected chi connectivity index (χ4v) is 2.21. The Morgan fingerprint density at radius 3 is 3.20 bits per heavy atom. The smallest absolute Gasteiger partial charge is 0.182 e. The van der Waals surface area contributed by atoms with Gasteiger partial charge in [-0.15, -0.1) is 11.3 Å². The topological polar surface area (TPSA) is 43.4 Å². The predicted molar refractivity (Wildman–Crippen MR) is 60.5 cm³/mol. The summed E-state index contributed by atoms with van der Waals surface area (Å²) >= 11 is 1.64. The van der Waals surface area contributed by atoms with Gasteiger partial charge in [0.05, 0.1) is 31.6 Å². The van der Waals surface area contributed by atoms with E-state index in [0.29, 0.717) is 19.8 Å². The SMILES string of the molecule is CCc1csc(NCC2COCCO2)n1. The van der Waals surface area contributed by atoms with Crippen LogP contribution in [0.2, 0.25) is 0 Å². The molecule has 4 nitrogen and oxygen atoms in total. The van der Waals surface area contributed by atoms with Gasteiger partial charge in [-0.2, -0.15) is 0 Å². The zero-order valence-electron chi connectivity index (χ0n) is 8.86. The molecule has 2 heterocycles. The summed E-state index contributed by atoms with van der Waals surface area (Å²) in [4.78, 5) is 4.42. The number of anilines is 1. The Morgan fingerprint density at radius 2 is 2.53 bits per heavy atom. The number of aryl methyl sites for hydroxylation is 1. The van der Waals surface area contributed by atoms with Gasteiger partial charge in [-0.05, 0) is 6.42 Å². The standard InChI is InChI=1S/C10H16N2O2S/c1-2-8-7-15-10(12-8)11-5-9-6-13-3-4-14-9/h7,9H,2-6H2,1H3,(H,11,12). The molecule has 1 N–H and O–H groups in total. The highest BCUT2D eigenvalue weighted by molar-refractivity contribution is 7.13. The van der Waals surface area contributed by atoms with Crippen molar-refractivity contribution in [2.24, 2.45) is 0 Å². The summed E-state index contributed by atoms with van der Waals surface area (Å²) in [6.45, 7) is 4.98. The maximum absolute atomic E-state index is 5.52. The molecule has 0 saturated carbocycles. The molecule has 2 rings (SSSR count). The summed E-state index contributed by atoms with van der Waals surface area (Å²) in [5.41, 5.74) is 1.14. The van der Waals surface area contributed by atoms with E-state index in [1.807, 2.05) is 0 Å². The predicted octanol–water partition coefficient (Wildman–Crippen LogP) is 1.53. The third kappa shape index (κ3) is 3.15. The Kier molecular flexibility index (Phi) is 3.94. The lowest BCUT2D eigenvalue weighted by atomic mass is 10.3. The van der Waals surface area contributed by atoms with E-state index in [-0.39, 0.29) is 6.10 Å². The summed E-state index contributed by atoms with van der Waals surface area (Å²) < 4.78 is 10.8. The lowest BCUT2D eigenvalue weighted by Crippen LogP contribution is -2.34. The van der Waals surface area contributed by atoms with Crippen LogP contribution in [0, 0.1) is 0 Å². The van der Waals surface area contributed by atoms with Crippen molar-refractivity contribution in [2.75, 3.05) is 31.7 Å². The minimum Gasteiger partial charge on any atom is -0.376 e. The van der Waals surface area contributed by atoms with Gasteiger partial charge >= 0.3 is 0 Å². The molecule has 5 heteroatoms. The normalized spacial score (nSPS) is 21.5. The number of thiazole rings is 1. The quantitative estimate of drug-likeness (QED) is 0.849. The molecule has 1 aliphatic heterocycles. The van der Waals surface area contributed by atoms with Gasteiger partial charge in [0.25, 0.3) is 0 Å². The van der Waals surface area contributed by atoms with Crippen molar-refractivity contribution >= 4 is 16.5 Å². The molecule has 1 aliphatic rings. The molecule has 0 radical (unpaired) electrons. The number of hydrogen-bond donors (Lipinski definition) is 1. The van der Waals surface area contributed by atoms with Gasteiger partial charge in [-0.25, -0.2) is 4.98 Å². The molecule has 0 amide bonds. The van der Waals surface area contributed by atoms with Crippen LogP contribution in [0.1, 0.15) is 12.6 Å². The molecular formula is C10H16N2O2S. The number of rotatable bonds is 4. The van der Waals surface area contributed by atoms with E-state index in [9.17, 15) is 0 Å². The number of hydrogen-bond acceptors (Lipinski definition) is 5. The van der Waals surface area contributed by atoms with Crippen LogP contribution in [-0.2, 0) is 15.9 Å². The second-order valence-corrected chi connectivity index (χ2v) is 4.30. The number of ether oxygens (including phenoxy) is 2. The number of nitrogens with zero attached hydrogens (tertiary/aromatic N) is 1. The maximum atomic E-state index is 5.52. The zero-order chi connectivity index (χ0) is 10.5. The average molecular weight is 228 g/mol. The van der Waals surface area contributed by atoms with Crippen molar-refractivity contribution in [3.8, 4) is 0 Å². The van der Waals surface area contributed by atoms with Gasteiger partial charge in [-0.3, -0.25) is 0 Å². The van der Waals surface area contributed by atoms with E-state index < -0.39 is 0 Å². The Labute approximate surface area is 93.6 Å². The van der Waals surface area contributed by atoms with Gasteiger partial charge in [-0.1, -0.05) is 6.92 Å². The second kappa shape index (κ2) is 5.44. The molecule has 1 fully saturated rings. The average Bonchev–Trinajstić information content (AvgIpc) is 2.76. The molecule has 84 valence electrons. The zero-order valence-corrected chi connectivity index (χ0v) is 9.68. The van der Waals surface area contributed by atoms with Gasteiger partial charge in [0.15, 0.2) is 5.13 Å². The largest absolute Gasteiger partial charge is 0.376 e. The minimum atomic E-state index is 0.160. The first-order valence-corrected chi connectivity index (χ1v) is 6.14. The fraction of sp³-hybridized carbons (Fsp3) is 0.700. The molecule has 0 bridgehead atoms. The van der Waals surface area contributed by atoms with Crippen molar-refractivity contribution in [3.63, 3.8) is 0 Å². The Hall–Kier alpha value is -0.650. The molecule has 15 heavy (non-hydrogen) atoms. The molecule has 1 saturated heterocycles. The maximum Gasteiger partial charge on any atom is 0.182 e. The van der Waals surface area contributed by atoms with E-state index in [2.05, 4.69) is 22.6 Å². The molecule has 1 atom stereocenters. The number of aromatic nitrogens is 1. The second-order valence-electron chi connectivity index (χ2n) is 3.45. The van der Waals surface area contributed by atoms with E-state index in [4.69, 9.17) is 9.47 Å². The third-order valence-corrected chi connectivity index (χ3v) is 3.13.